The molecule has 4 atom stereocenters. The Hall–Kier alpha value is -0.190. The lowest BCUT2D eigenvalue weighted by molar-refractivity contribution is 0.313. The van der Waals surface area contributed by atoms with Crippen molar-refractivity contribution in [2.75, 3.05) is 6.54 Å². The van der Waals surface area contributed by atoms with Gasteiger partial charge in [0.2, 0.25) is 0 Å². The van der Waals surface area contributed by atoms with E-state index in [2.05, 4.69) is 19.2 Å². The molecule has 18 heavy (non-hydrogen) atoms. The third kappa shape index (κ3) is 3.43. The molecule has 102 valence electrons. The largest absolute Gasteiger partial charge is 0.313 e. The predicted molar refractivity (Wildman–Crippen MR) is 79.6 cm³/mol. The van der Waals surface area contributed by atoms with Gasteiger partial charge in [-0.1, -0.05) is 19.9 Å². The summed E-state index contributed by atoms with van der Waals surface area (Å²) in [5.41, 5.74) is 0. The zero-order valence-electron chi connectivity index (χ0n) is 11.2. The van der Waals surface area contributed by atoms with E-state index in [-0.39, 0.29) is 0 Å². The van der Waals surface area contributed by atoms with E-state index in [1.807, 2.05) is 17.5 Å². The molecule has 2 rings (SSSR count). The maximum Gasteiger partial charge on any atom is 0.0914 e. The molecule has 1 N–H and O–H groups in total. The minimum Gasteiger partial charge on any atom is -0.313 e. The molecule has 1 aromatic rings. The van der Waals surface area contributed by atoms with Crippen molar-refractivity contribution in [2.24, 2.45) is 5.92 Å². The number of nitrogens with one attached hydrogen (secondary N) is 1. The van der Waals surface area contributed by atoms with Gasteiger partial charge in [-0.2, -0.15) is 0 Å². The van der Waals surface area contributed by atoms with Crippen LogP contribution >= 0.6 is 11.3 Å². The fourth-order valence-corrected chi connectivity index (χ4v) is 5.57. The minimum atomic E-state index is -0.837. The summed E-state index contributed by atoms with van der Waals surface area (Å²) in [5, 5.41) is 5.91. The fourth-order valence-electron chi connectivity index (χ4n) is 2.66. The van der Waals surface area contributed by atoms with E-state index in [4.69, 9.17) is 0 Å². The van der Waals surface area contributed by atoms with Crippen LogP contribution in [0.15, 0.2) is 21.7 Å². The van der Waals surface area contributed by atoms with Crippen LogP contribution in [-0.2, 0) is 10.8 Å². The summed E-state index contributed by atoms with van der Waals surface area (Å²) >= 11 is 1.62. The van der Waals surface area contributed by atoms with Gasteiger partial charge in [-0.3, -0.25) is 4.21 Å². The molecule has 0 aliphatic heterocycles. The first-order chi connectivity index (χ1) is 8.72. The zero-order chi connectivity index (χ0) is 13.0. The van der Waals surface area contributed by atoms with Crippen LogP contribution in [0.4, 0.5) is 0 Å². The molecule has 0 radical (unpaired) electrons. The van der Waals surface area contributed by atoms with Crippen LogP contribution in [0.2, 0.25) is 0 Å². The summed E-state index contributed by atoms with van der Waals surface area (Å²) in [5.74, 6) is 0.707. The predicted octanol–water partition coefficient (Wildman–Crippen LogP) is 3.41. The second kappa shape index (κ2) is 6.83. The van der Waals surface area contributed by atoms with Gasteiger partial charge in [-0.15, -0.1) is 11.3 Å². The Kier molecular flexibility index (Phi) is 5.39. The Labute approximate surface area is 117 Å². The van der Waals surface area contributed by atoms with E-state index in [0.29, 0.717) is 17.2 Å². The number of hydrogen-bond acceptors (Lipinski definition) is 3. The fraction of sp³-hybridized carbons (Fsp3) is 0.714. The average molecular weight is 285 g/mol. The molecule has 1 aliphatic carbocycles. The molecule has 1 saturated carbocycles. The van der Waals surface area contributed by atoms with Crippen LogP contribution in [0.25, 0.3) is 0 Å². The Bertz CT molecular complexity index is 375. The average Bonchev–Trinajstić information content (AvgIpc) is 2.90. The lowest BCUT2D eigenvalue weighted by Gasteiger charge is -2.34. The number of rotatable bonds is 5. The second-order valence-corrected chi connectivity index (χ2v) is 8.09. The van der Waals surface area contributed by atoms with Gasteiger partial charge in [-0.25, -0.2) is 0 Å². The molecule has 0 saturated heterocycles. The van der Waals surface area contributed by atoms with Crippen molar-refractivity contribution in [3.05, 3.63) is 17.5 Å². The summed E-state index contributed by atoms with van der Waals surface area (Å²) < 4.78 is 13.7. The quantitative estimate of drug-likeness (QED) is 0.898. The summed E-state index contributed by atoms with van der Waals surface area (Å²) in [4.78, 5) is 0. The maximum atomic E-state index is 12.7. The van der Waals surface area contributed by atoms with Crippen LogP contribution in [0.5, 0.6) is 0 Å². The van der Waals surface area contributed by atoms with Gasteiger partial charge in [-0.05, 0) is 49.6 Å². The van der Waals surface area contributed by atoms with E-state index >= 15 is 0 Å². The Morgan fingerprint density at radius 2 is 2.33 bits per heavy atom. The molecular formula is C14H23NOS2. The van der Waals surface area contributed by atoms with E-state index in [9.17, 15) is 4.21 Å². The van der Waals surface area contributed by atoms with Crippen molar-refractivity contribution in [1.29, 1.82) is 0 Å². The van der Waals surface area contributed by atoms with Crippen molar-refractivity contribution >= 4 is 22.1 Å². The van der Waals surface area contributed by atoms with Crippen LogP contribution in [0, 0.1) is 5.92 Å². The van der Waals surface area contributed by atoms with E-state index < -0.39 is 10.8 Å². The summed E-state index contributed by atoms with van der Waals surface area (Å²) in [7, 11) is -0.837. The van der Waals surface area contributed by atoms with Gasteiger partial charge in [0, 0.05) is 6.04 Å². The Morgan fingerprint density at radius 3 is 3.00 bits per heavy atom. The third-order valence-corrected chi connectivity index (χ3v) is 6.73. The SMILES string of the molecule is CCCNC1CCC(C)CC1S(=O)c1cccs1. The highest BCUT2D eigenvalue weighted by atomic mass is 32.2. The van der Waals surface area contributed by atoms with Crippen molar-refractivity contribution in [1.82, 2.24) is 5.32 Å². The van der Waals surface area contributed by atoms with E-state index in [0.717, 1.165) is 23.6 Å². The number of thiophene rings is 1. The summed E-state index contributed by atoms with van der Waals surface area (Å²) in [6.07, 6.45) is 4.67. The lowest BCUT2D eigenvalue weighted by Crippen LogP contribution is -2.46. The van der Waals surface area contributed by atoms with Crippen LogP contribution < -0.4 is 5.32 Å². The Balaban J connectivity index is 2.07. The van der Waals surface area contributed by atoms with Crippen LogP contribution in [0.3, 0.4) is 0 Å². The standard InChI is InChI=1S/C14H23NOS2/c1-3-8-15-12-7-6-11(2)10-13(12)18(16)14-5-4-9-17-14/h4-5,9,11-13,15H,3,6-8,10H2,1-2H3. The van der Waals surface area contributed by atoms with Gasteiger partial charge in [0.15, 0.2) is 0 Å². The molecule has 4 heteroatoms. The molecule has 0 amide bonds. The second-order valence-electron chi connectivity index (χ2n) is 5.25. The topological polar surface area (TPSA) is 29.1 Å². The molecule has 1 heterocycles. The van der Waals surface area contributed by atoms with E-state index in [1.165, 1.54) is 12.8 Å². The molecule has 0 spiro atoms. The van der Waals surface area contributed by atoms with Gasteiger partial charge in [0.25, 0.3) is 0 Å². The Morgan fingerprint density at radius 1 is 1.50 bits per heavy atom. The van der Waals surface area contributed by atoms with E-state index in [1.54, 1.807) is 11.3 Å². The van der Waals surface area contributed by atoms with Crippen molar-refractivity contribution < 1.29 is 4.21 Å². The molecule has 1 aromatic heterocycles. The van der Waals surface area contributed by atoms with Crippen molar-refractivity contribution in [3.63, 3.8) is 0 Å². The molecule has 2 nitrogen and oxygen atoms in total. The van der Waals surface area contributed by atoms with Gasteiger partial charge >= 0.3 is 0 Å². The molecule has 0 aromatic carbocycles. The maximum absolute atomic E-state index is 12.7. The van der Waals surface area contributed by atoms with Gasteiger partial charge in [0.05, 0.1) is 20.3 Å². The smallest absolute Gasteiger partial charge is 0.0914 e. The summed E-state index contributed by atoms with van der Waals surface area (Å²) in [6.45, 7) is 5.51. The van der Waals surface area contributed by atoms with Crippen molar-refractivity contribution in [2.45, 2.75) is 55.0 Å². The first-order valence-corrected chi connectivity index (χ1v) is 8.99. The zero-order valence-corrected chi connectivity index (χ0v) is 12.9. The molecular weight excluding hydrogens is 262 g/mol. The highest BCUT2D eigenvalue weighted by molar-refractivity contribution is 7.88. The monoisotopic (exact) mass is 285 g/mol. The molecule has 1 fully saturated rings. The summed E-state index contributed by atoms with van der Waals surface area (Å²) in [6, 6.07) is 4.44. The third-order valence-electron chi connectivity index (χ3n) is 3.68. The molecule has 4 unspecified atom stereocenters. The molecule has 1 aliphatic rings. The molecule has 0 bridgehead atoms. The van der Waals surface area contributed by atoms with Gasteiger partial charge in [0.1, 0.15) is 0 Å². The normalized spacial score (nSPS) is 30.2. The number of hydrogen-bond donors (Lipinski definition) is 1. The van der Waals surface area contributed by atoms with Gasteiger partial charge < -0.3 is 5.32 Å². The van der Waals surface area contributed by atoms with Crippen molar-refractivity contribution in [3.8, 4) is 0 Å². The van der Waals surface area contributed by atoms with Crippen LogP contribution in [0.1, 0.15) is 39.5 Å². The lowest BCUT2D eigenvalue weighted by atomic mass is 9.87. The minimum absolute atomic E-state index is 0.291. The highest BCUT2D eigenvalue weighted by Gasteiger charge is 2.33. The highest BCUT2D eigenvalue weighted by Crippen LogP contribution is 2.31. The first kappa shape index (κ1) is 14.2. The van der Waals surface area contributed by atoms with Crippen LogP contribution in [-0.4, -0.2) is 22.0 Å². The first-order valence-electron chi connectivity index (χ1n) is 6.89.